The van der Waals surface area contributed by atoms with Crippen molar-refractivity contribution in [3.05, 3.63) is 0 Å². The van der Waals surface area contributed by atoms with Gasteiger partial charge in [-0.2, -0.15) is 4.31 Å². The summed E-state index contributed by atoms with van der Waals surface area (Å²) in [6.07, 6.45) is -0.803. The second-order valence-corrected chi connectivity index (χ2v) is 6.53. The van der Waals surface area contributed by atoms with Gasteiger partial charge in [0.15, 0.2) is 0 Å². The van der Waals surface area contributed by atoms with E-state index in [0.29, 0.717) is 0 Å². The lowest BCUT2D eigenvalue weighted by molar-refractivity contribution is -0.144. The average Bonchev–Trinajstić information content (AvgIpc) is 2.80. The lowest BCUT2D eigenvalue weighted by Gasteiger charge is -2.21. The molecule has 0 aromatic heterocycles. The molecule has 2 atom stereocenters. The van der Waals surface area contributed by atoms with E-state index in [1.54, 1.807) is 0 Å². The molecule has 1 aliphatic heterocycles. The van der Waals surface area contributed by atoms with Crippen molar-refractivity contribution >= 4 is 22.0 Å². The highest BCUT2D eigenvalue weighted by Gasteiger charge is 2.43. The van der Waals surface area contributed by atoms with Crippen LogP contribution < -0.4 is 0 Å². The number of methoxy groups -OCH3 is 2. The van der Waals surface area contributed by atoms with Crippen molar-refractivity contribution < 1.29 is 32.6 Å². The van der Waals surface area contributed by atoms with Gasteiger partial charge in [0, 0.05) is 19.4 Å². The number of sulfonamides is 1. The molecule has 1 aliphatic rings. The lowest BCUT2D eigenvalue weighted by Crippen LogP contribution is -2.42. The molecular formula is C11H19NO7S. The highest BCUT2D eigenvalue weighted by atomic mass is 32.2. The van der Waals surface area contributed by atoms with Crippen molar-refractivity contribution in [2.24, 2.45) is 0 Å². The summed E-state index contributed by atoms with van der Waals surface area (Å²) in [5, 5.41) is 9.54. The molecule has 0 saturated carbocycles. The molecule has 2 unspecified atom stereocenters. The Morgan fingerprint density at radius 1 is 1.30 bits per heavy atom. The second kappa shape index (κ2) is 7.00. The fourth-order valence-electron chi connectivity index (χ4n) is 2.06. The topological polar surface area (TPSA) is 110 Å². The van der Waals surface area contributed by atoms with Gasteiger partial charge in [0.1, 0.15) is 6.04 Å². The van der Waals surface area contributed by atoms with E-state index in [-0.39, 0.29) is 31.6 Å². The molecule has 0 radical (unpaired) electrons. The van der Waals surface area contributed by atoms with Crippen LogP contribution in [0.15, 0.2) is 0 Å². The summed E-state index contributed by atoms with van der Waals surface area (Å²) in [5.41, 5.74) is 0. The van der Waals surface area contributed by atoms with Crippen LogP contribution in [0.4, 0.5) is 0 Å². The standard InChI is InChI=1S/C11H19NO7S/c1-18-10(14)4-3-5-20(16,17)12-7-8(13)6-9(12)11(15)19-2/h8-9,13H,3-7H2,1-2H3. The zero-order valence-electron chi connectivity index (χ0n) is 11.4. The van der Waals surface area contributed by atoms with Gasteiger partial charge in [0.25, 0.3) is 0 Å². The summed E-state index contributed by atoms with van der Waals surface area (Å²) < 4.78 is 34.2. The number of β-amino-alcohol motifs (C(OH)–C–C–N with tert-alkyl or cyclic N) is 1. The van der Waals surface area contributed by atoms with Crippen LogP contribution in [-0.4, -0.2) is 68.4 Å². The van der Waals surface area contributed by atoms with Crippen LogP contribution in [0.5, 0.6) is 0 Å². The minimum atomic E-state index is -3.74. The molecule has 8 nitrogen and oxygen atoms in total. The summed E-state index contributed by atoms with van der Waals surface area (Å²) in [6.45, 7) is -0.139. The van der Waals surface area contributed by atoms with Crippen molar-refractivity contribution in [1.82, 2.24) is 4.31 Å². The zero-order valence-corrected chi connectivity index (χ0v) is 12.3. The van der Waals surface area contributed by atoms with Crippen LogP contribution in [0.1, 0.15) is 19.3 Å². The summed E-state index contributed by atoms with van der Waals surface area (Å²) in [7, 11) is -1.35. The third-order valence-electron chi connectivity index (χ3n) is 3.08. The normalized spacial score (nSPS) is 23.6. The van der Waals surface area contributed by atoms with E-state index in [1.807, 2.05) is 0 Å². The van der Waals surface area contributed by atoms with Crippen LogP contribution in [0.3, 0.4) is 0 Å². The molecule has 1 N–H and O–H groups in total. The first-order chi connectivity index (χ1) is 9.31. The minimum Gasteiger partial charge on any atom is -0.469 e. The Morgan fingerprint density at radius 2 is 1.95 bits per heavy atom. The van der Waals surface area contributed by atoms with Gasteiger partial charge in [0.05, 0.1) is 26.1 Å². The van der Waals surface area contributed by atoms with Crippen molar-refractivity contribution in [3.8, 4) is 0 Å². The highest BCUT2D eigenvalue weighted by Crippen LogP contribution is 2.23. The smallest absolute Gasteiger partial charge is 0.324 e. The van der Waals surface area contributed by atoms with Crippen molar-refractivity contribution in [2.75, 3.05) is 26.5 Å². The first-order valence-corrected chi connectivity index (χ1v) is 7.75. The van der Waals surface area contributed by atoms with Crippen LogP contribution in [0.25, 0.3) is 0 Å². The van der Waals surface area contributed by atoms with E-state index in [0.717, 1.165) is 11.4 Å². The number of ether oxygens (including phenoxy) is 2. The second-order valence-electron chi connectivity index (χ2n) is 4.49. The number of aliphatic hydroxyl groups excluding tert-OH is 1. The molecule has 1 heterocycles. The maximum absolute atomic E-state index is 12.1. The summed E-state index contributed by atoms with van der Waals surface area (Å²) in [6, 6.07) is -1.00. The predicted octanol–water partition coefficient (Wildman–Crippen LogP) is -1.12. The van der Waals surface area contributed by atoms with Crippen molar-refractivity contribution in [2.45, 2.75) is 31.4 Å². The van der Waals surface area contributed by atoms with Gasteiger partial charge in [-0.25, -0.2) is 8.42 Å². The fraction of sp³-hybridized carbons (Fsp3) is 0.818. The Hall–Kier alpha value is -1.19. The number of esters is 2. The molecule has 1 fully saturated rings. The number of aliphatic hydroxyl groups is 1. The maximum atomic E-state index is 12.1. The van der Waals surface area contributed by atoms with Crippen LogP contribution in [0, 0.1) is 0 Å². The van der Waals surface area contributed by atoms with E-state index in [4.69, 9.17) is 0 Å². The fourth-order valence-corrected chi connectivity index (χ4v) is 3.76. The first-order valence-electron chi connectivity index (χ1n) is 6.14. The van der Waals surface area contributed by atoms with Gasteiger partial charge in [-0.1, -0.05) is 0 Å². The Kier molecular flexibility index (Phi) is 5.90. The van der Waals surface area contributed by atoms with Crippen LogP contribution in [-0.2, 0) is 29.1 Å². The van der Waals surface area contributed by atoms with Gasteiger partial charge < -0.3 is 14.6 Å². The molecule has 0 amide bonds. The number of carbonyl (C=O) groups is 2. The molecule has 1 saturated heterocycles. The Balaban J connectivity index is 2.69. The number of carbonyl (C=O) groups excluding carboxylic acids is 2. The van der Waals surface area contributed by atoms with E-state index in [9.17, 15) is 23.1 Å². The quantitative estimate of drug-likeness (QED) is 0.619. The monoisotopic (exact) mass is 309 g/mol. The highest BCUT2D eigenvalue weighted by molar-refractivity contribution is 7.89. The minimum absolute atomic E-state index is 0.0168. The van der Waals surface area contributed by atoms with Crippen molar-refractivity contribution in [1.29, 1.82) is 0 Å². The molecule has 0 aromatic rings. The molecular weight excluding hydrogens is 290 g/mol. The average molecular weight is 309 g/mol. The largest absolute Gasteiger partial charge is 0.469 e. The third-order valence-corrected chi connectivity index (χ3v) is 5.00. The summed E-state index contributed by atoms with van der Waals surface area (Å²) in [5.74, 6) is -1.48. The predicted molar refractivity (Wildman–Crippen MR) is 68.2 cm³/mol. The molecule has 0 aromatic carbocycles. The SMILES string of the molecule is COC(=O)CCCS(=O)(=O)N1CC(O)CC1C(=O)OC. The molecule has 20 heavy (non-hydrogen) atoms. The van der Waals surface area contributed by atoms with Gasteiger partial charge in [0.2, 0.25) is 10.0 Å². The number of nitrogens with zero attached hydrogens (tertiary/aromatic N) is 1. The zero-order chi connectivity index (χ0) is 15.3. The van der Waals surface area contributed by atoms with Crippen LogP contribution in [0.2, 0.25) is 0 Å². The van der Waals surface area contributed by atoms with Crippen molar-refractivity contribution in [3.63, 3.8) is 0 Å². The maximum Gasteiger partial charge on any atom is 0.324 e. The molecule has 116 valence electrons. The lowest BCUT2D eigenvalue weighted by atomic mass is 10.2. The van der Waals surface area contributed by atoms with Gasteiger partial charge >= 0.3 is 11.9 Å². The molecule has 0 spiro atoms. The van der Waals surface area contributed by atoms with Gasteiger partial charge in [-0.3, -0.25) is 9.59 Å². The van der Waals surface area contributed by atoms with Crippen LogP contribution >= 0.6 is 0 Å². The Morgan fingerprint density at radius 3 is 2.50 bits per heavy atom. The summed E-state index contributed by atoms with van der Waals surface area (Å²) >= 11 is 0. The third kappa shape index (κ3) is 4.15. The van der Waals surface area contributed by atoms with E-state index in [1.165, 1.54) is 7.11 Å². The van der Waals surface area contributed by atoms with Gasteiger partial charge in [-0.15, -0.1) is 0 Å². The molecule has 0 aliphatic carbocycles. The molecule has 9 heteroatoms. The molecule has 0 bridgehead atoms. The summed E-state index contributed by atoms with van der Waals surface area (Å²) in [4.78, 5) is 22.5. The first kappa shape index (κ1) is 16.9. The number of hydrogen-bond acceptors (Lipinski definition) is 7. The number of hydrogen-bond donors (Lipinski definition) is 1. The van der Waals surface area contributed by atoms with E-state index in [2.05, 4.69) is 9.47 Å². The Bertz CT molecular complexity index is 461. The van der Waals surface area contributed by atoms with Gasteiger partial charge in [-0.05, 0) is 6.42 Å². The van der Waals surface area contributed by atoms with E-state index < -0.39 is 34.1 Å². The number of rotatable bonds is 6. The van der Waals surface area contributed by atoms with E-state index >= 15 is 0 Å². The Labute approximate surface area is 117 Å². The molecule has 1 rings (SSSR count).